The van der Waals surface area contributed by atoms with Crippen molar-refractivity contribution >= 4 is 17.3 Å². The molecule has 1 aliphatic heterocycles. The zero-order valence-electron chi connectivity index (χ0n) is 8.15. The molecule has 76 valence electrons. The van der Waals surface area contributed by atoms with E-state index in [1.54, 1.807) is 24.6 Å². The Morgan fingerprint density at radius 1 is 1.53 bits per heavy atom. The zero-order chi connectivity index (χ0) is 10.3. The minimum atomic E-state index is 0.622. The summed E-state index contributed by atoms with van der Waals surface area (Å²) in [6.07, 6.45) is 1.72. The number of aromatic nitrogens is 2. The molecule has 0 spiro atoms. The van der Waals surface area contributed by atoms with Crippen molar-refractivity contribution in [2.75, 3.05) is 12.4 Å². The molecule has 0 radical (unpaired) electrons. The number of nitrogens with one attached hydrogen (secondary N) is 1. The van der Waals surface area contributed by atoms with Crippen LogP contribution in [0, 0.1) is 0 Å². The fourth-order valence-corrected chi connectivity index (χ4v) is 2.38. The van der Waals surface area contributed by atoms with Gasteiger partial charge >= 0.3 is 0 Å². The summed E-state index contributed by atoms with van der Waals surface area (Å²) in [6, 6.07) is 2.08. The fourth-order valence-electron chi connectivity index (χ4n) is 1.60. The molecule has 0 saturated carbocycles. The Morgan fingerprint density at radius 2 is 2.47 bits per heavy atom. The van der Waals surface area contributed by atoms with Crippen LogP contribution in [0.5, 0.6) is 5.75 Å². The lowest BCUT2D eigenvalue weighted by Crippen LogP contribution is -2.06. The van der Waals surface area contributed by atoms with E-state index in [1.807, 2.05) is 0 Å². The Labute approximate surface area is 91.0 Å². The monoisotopic (exact) mass is 219 g/mol. The van der Waals surface area contributed by atoms with Crippen LogP contribution in [0.2, 0.25) is 0 Å². The van der Waals surface area contributed by atoms with Gasteiger partial charge in [-0.05, 0) is 11.4 Å². The Kier molecular flexibility index (Phi) is 1.85. The van der Waals surface area contributed by atoms with Crippen LogP contribution in [0.15, 0.2) is 17.6 Å². The minimum absolute atomic E-state index is 0.622. The molecule has 0 saturated heterocycles. The highest BCUT2D eigenvalue weighted by Gasteiger charge is 2.20. The molecule has 3 rings (SSSR count). The molecule has 0 aliphatic carbocycles. The van der Waals surface area contributed by atoms with Gasteiger partial charge in [-0.1, -0.05) is 0 Å². The number of thiophene rings is 1. The number of nitrogens with zero attached hydrogens (tertiary/aromatic N) is 2. The van der Waals surface area contributed by atoms with E-state index in [0.29, 0.717) is 12.6 Å². The first-order valence-corrected chi connectivity index (χ1v) is 5.51. The third-order valence-corrected chi connectivity index (χ3v) is 3.23. The molecule has 1 aliphatic rings. The number of fused-ring (bicyclic) bond motifs is 3. The van der Waals surface area contributed by atoms with Gasteiger partial charge in [-0.25, -0.2) is 9.97 Å². The summed E-state index contributed by atoms with van der Waals surface area (Å²) in [6.45, 7) is 0.627. The third kappa shape index (κ3) is 1.27. The molecule has 0 unspecified atom stereocenters. The second kappa shape index (κ2) is 3.20. The first-order valence-electron chi connectivity index (χ1n) is 4.63. The van der Waals surface area contributed by atoms with Crippen LogP contribution in [-0.2, 0) is 6.61 Å². The summed E-state index contributed by atoms with van der Waals surface area (Å²) >= 11 is 1.70. The van der Waals surface area contributed by atoms with Crippen LogP contribution in [0.25, 0.3) is 11.3 Å². The van der Waals surface area contributed by atoms with Crippen molar-refractivity contribution in [3.63, 3.8) is 0 Å². The van der Waals surface area contributed by atoms with Gasteiger partial charge in [0, 0.05) is 12.6 Å². The summed E-state index contributed by atoms with van der Waals surface area (Å²) in [5.74, 6) is 1.39. The molecule has 0 fully saturated rings. The third-order valence-electron chi connectivity index (χ3n) is 2.34. The molecular weight excluding hydrogens is 210 g/mol. The van der Waals surface area contributed by atoms with Gasteiger partial charge in [0.25, 0.3) is 0 Å². The minimum Gasteiger partial charge on any atom is -0.484 e. The van der Waals surface area contributed by atoms with Crippen molar-refractivity contribution in [1.29, 1.82) is 0 Å². The molecule has 15 heavy (non-hydrogen) atoms. The zero-order valence-corrected chi connectivity index (χ0v) is 8.97. The van der Waals surface area contributed by atoms with Crippen molar-refractivity contribution in [1.82, 2.24) is 9.97 Å². The van der Waals surface area contributed by atoms with E-state index in [-0.39, 0.29) is 0 Å². The molecular formula is C10H9N3OS. The van der Waals surface area contributed by atoms with E-state index in [0.717, 1.165) is 11.4 Å². The van der Waals surface area contributed by atoms with Crippen molar-refractivity contribution in [2.24, 2.45) is 0 Å². The van der Waals surface area contributed by atoms with Gasteiger partial charge in [0.1, 0.15) is 12.3 Å². The van der Waals surface area contributed by atoms with Gasteiger partial charge < -0.3 is 10.1 Å². The molecule has 1 N–H and O–H groups in total. The van der Waals surface area contributed by atoms with E-state index in [2.05, 4.69) is 26.7 Å². The normalized spacial score (nSPS) is 12.6. The predicted octanol–water partition coefficient (Wildman–Crippen LogP) is 2.14. The van der Waals surface area contributed by atoms with E-state index in [4.69, 9.17) is 4.74 Å². The predicted molar refractivity (Wildman–Crippen MR) is 59.2 cm³/mol. The Bertz CT molecular complexity index is 509. The number of hydrogen-bond donors (Lipinski definition) is 1. The lowest BCUT2D eigenvalue weighted by Gasteiger charge is -2.16. The Morgan fingerprint density at radius 3 is 3.33 bits per heavy atom. The topological polar surface area (TPSA) is 47.0 Å². The first kappa shape index (κ1) is 8.67. The van der Waals surface area contributed by atoms with Gasteiger partial charge in [0.2, 0.25) is 5.95 Å². The number of ether oxygens (including phenoxy) is 1. The quantitative estimate of drug-likeness (QED) is 0.798. The lowest BCUT2D eigenvalue weighted by molar-refractivity contribution is 0.303. The van der Waals surface area contributed by atoms with Crippen LogP contribution in [-0.4, -0.2) is 17.0 Å². The molecule has 2 aromatic rings. The summed E-state index contributed by atoms with van der Waals surface area (Å²) in [5, 5.41) is 4.99. The number of hydrogen-bond acceptors (Lipinski definition) is 5. The van der Waals surface area contributed by atoms with Gasteiger partial charge in [-0.3, -0.25) is 0 Å². The molecule has 0 atom stereocenters. The smallest absolute Gasteiger partial charge is 0.223 e. The van der Waals surface area contributed by atoms with Gasteiger partial charge in [-0.2, -0.15) is 0 Å². The average molecular weight is 219 g/mol. The Balaban J connectivity index is 2.21. The van der Waals surface area contributed by atoms with Crippen LogP contribution in [0.1, 0.15) is 4.88 Å². The molecule has 3 heterocycles. The van der Waals surface area contributed by atoms with E-state index in [9.17, 15) is 0 Å². The maximum atomic E-state index is 5.57. The number of anilines is 1. The van der Waals surface area contributed by atoms with E-state index >= 15 is 0 Å². The van der Waals surface area contributed by atoms with Gasteiger partial charge in [-0.15, -0.1) is 11.3 Å². The standard InChI is InChI=1S/C10H9N3OS/c1-11-10-12-4-7-9(13-10)6-2-3-15-8(6)5-14-7/h2-4H,5H2,1H3,(H,11,12,13). The maximum absolute atomic E-state index is 5.57. The van der Waals surface area contributed by atoms with Crippen molar-refractivity contribution in [3.05, 3.63) is 22.5 Å². The molecule has 2 aromatic heterocycles. The van der Waals surface area contributed by atoms with Crippen molar-refractivity contribution in [3.8, 4) is 17.0 Å². The van der Waals surface area contributed by atoms with Gasteiger partial charge in [0.15, 0.2) is 5.75 Å². The first-order chi connectivity index (χ1) is 7.38. The van der Waals surface area contributed by atoms with E-state index < -0.39 is 0 Å². The Hall–Kier alpha value is -1.62. The molecule has 4 nitrogen and oxygen atoms in total. The highest BCUT2D eigenvalue weighted by atomic mass is 32.1. The molecule has 5 heteroatoms. The largest absolute Gasteiger partial charge is 0.484 e. The second-order valence-corrected chi connectivity index (χ2v) is 4.20. The van der Waals surface area contributed by atoms with Crippen LogP contribution < -0.4 is 10.1 Å². The van der Waals surface area contributed by atoms with E-state index in [1.165, 1.54) is 10.4 Å². The molecule has 0 aromatic carbocycles. The lowest BCUT2D eigenvalue weighted by atomic mass is 10.1. The van der Waals surface area contributed by atoms with Crippen LogP contribution in [0.3, 0.4) is 0 Å². The van der Waals surface area contributed by atoms with Crippen LogP contribution in [0.4, 0.5) is 5.95 Å². The summed E-state index contributed by atoms with van der Waals surface area (Å²) in [5.41, 5.74) is 2.05. The number of rotatable bonds is 1. The van der Waals surface area contributed by atoms with Crippen molar-refractivity contribution in [2.45, 2.75) is 6.61 Å². The van der Waals surface area contributed by atoms with Crippen molar-refractivity contribution < 1.29 is 4.74 Å². The average Bonchev–Trinajstić information content (AvgIpc) is 2.76. The van der Waals surface area contributed by atoms with Gasteiger partial charge in [0.05, 0.1) is 11.1 Å². The highest BCUT2D eigenvalue weighted by molar-refractivity contribution is 7.10. The molecule has 0 amide bonds. The summed E-state index contributed by atoms with van der Waals surface area (Å²) in [4.78, 5) is 9.75. The summed E-state index contributed by atoms with van der Waals surface area (Å²) < 4.78 is 5.57. The second-order valence-electron chi connectivity index (χ2n) is 3.20. The fraction of sp³-hybridized carbons (Fsp3) is 0.200. The highest BCUT2D eigenvalue weighted by Crippen LogP contribution is 2.38. The summed E-state index contributed by atoms with van der Waals surface area (Å²) in [7, 11) is 1.81. The molecule has 0 bridgehead atoms. The van der Waals surface area contributed by atoms with Crippen LogP contribution >= 0.6 is 11.3 Å². The SMILES string of the molecule is CNc1ncc2c(n1)-c1ccsc1CO2. The maximum Gasteiger partial charge on any atom is 0.223 e.